The zero-order valence-corrected chi connectivity index (χ0v) is 20.0. The second-order valence-corrected chi connectivity index (χ2v) is 8.18. The van der Waals surface area contributed by atoms with E-state index in [9.17, 15) is 0 Å². The van der Waals surface area contributed by atoms with Crippen molar-refractivity contribution in [1.82, 2.24) is 0 Å². The van der Waals surface area contributed by atoms with Gasteiger partial charge < -0.3 is 17.0 Å². The van der Waals surface area contributed by atoms with Crippen LogP contribution in [0.1, 0.15) is 75.3 Å². The number of unbranched alkanes of at least 4 members (excludes halogenated alkanes) is 9. The molecular weight excluding hydrogens is 424 g/mol. The second kappa shape index (κ2) is 14.4. The largest absolute Gasteiger partial charge is 1.00 e. The average Bonchev–Trinajstić information content (AvgIpc) is 2.65. The number of nitrogens with zero attached hydrogens (tertiary/aromatic N) is 2. The molecule has 0 aliphatic carbocycles. The van der Waals surface area contributed by atoms with Gasteiger partial charge in [-0.15, -0.1) is 0 Å². The predicted molar refractivity (Wildman–Crippen MR) is 118 cm³/mol. The highest BCUT2D eigenvalue weighted by molar-refractivity contribution is 5.25. The Kier molecular flexibility index (Phi) is 12.6. The summed E-state index contributed by atoms with van der Waals surface area (Å²) in [6.07, 6.45) is 17.4. The van der Waals surface area contributed by atoms with Crippen LogP contribution in [0, 0.1) is 13.8 Å². The fourth-order valence-electron chi connectivity index (χ4n) is 3.70. The van der Waals surface area contributed by atoms with Gasteiger partial charge in [0.15, 0.2) is 0 Å². The van der Waals surface area contributed by atoms with Crippen LogP contribution >= 0.6 is 0 Å². The van der Waals surface area contributed by atoms with Gasteiger partial charge in [0.1, 0.15) is 0 Å². The topological polar surface area (TPSA) is 59.8 Å². The molecule has 2 rings (SSSR count). The molecule has 29 heavy (non-hydrogen) atoms. The average molecular weight is 465 g/mol. The number of rotatable bonds is 13. The van der Waals surface area contributed by atoms with Gasteiger partial charge in [-0.25, -0.2) is 9.13 Å². The fraction of sp³-hybridized carbons (Fsp3) is 0.583. The normalized spacial score (nSPS) is 10.7. The van der Waals surface area contributed by atoms with E-state index in [2.05, 4.69) is 59.6 Å². The molecule has 0 amide bonds. The first-order chi connectivity index (χ1) is 13.6. The Hall–Kier alpha value is -1.62. The van der Waals surface area contributed by atoms with Gasteiger partial charge in [-0.2, -0.15) is 0 Å². The highest BCUT2D eigenvalue weighted by atomic mass is 79.9. The van der Waals surface area contributed by atoms with E-state index in [0.29, 0.717) is 0 Å². The lowest BCUT2D eigenvalue weighted by Gasteiger charge is -2.05. The summed E-state index contributed by atoms with van der Waals surface area (Å²) in [4.78, 5) is 0. The molecule has 162 valence electrons. The number of anilines is 2. The summed E-state index contributed by atoms with van der Waals surface area (Å²) >= 11 is 0. The molecule has 0 spiro atoms. The molecule has 0 saturated heterocycles. The first kappa shape index (κ1) is 25.4. The molecule has 2 heterocycles. The fourth-order valence-corrected chi connectivity index (χ4v) is 3.70. The van der Waals surface area contributed by atoms with E-state index in [-0.39, 0.29) is 17.0 Å². The SMILES string of the molecule is Cc1cc[n+](CCCCCCCCCCCC[n+]2ccc(C)cc2N)c(N)c1.[Br-]. The molecule has 0 unspecified atom stereocenters. The van der Waals surface area contributed by atoms with Crippen molar-refractivity contribution in [3.8, 4) is 0 Å². The number of hydrogen-bond donors (Lipinski definition) is 2. The molecule has 5 heteroatoms. The Morgan fingerprint density at radius 1 is 0.586 bits per heavy atom. The van der Waals surface area contributed by atoms with E-state index < -0.39 is 0 Å². The molecule has 0 aliphatic heterocycles. The van der Waals surface area contributed by atoms with E-state index in [4.69, 9.17) is 11.5 Å². The van der Waals surface area contributed by atoms with Crippen molar-refractivity contribution in [2.45, 2.75) is 91.1 Å². The van der Waals surface area contributed by atoms with E-state index in [1.165, 1.54) is 75.3 Å². The number of halogens is 1. The molecule has 0 atom stereocenters. The van der Waals surface area contributed by atoms with Crippen LogP contribution in [0.4, 0.5) is 11.6 Å². The van der Waals surface area contributed by atoms with Crippen LogP contribution in [0.5, 0.6) is 0 Å². The van der Waals surface area contributed by atoms with Crippen molar-refractivity contribution in [3.05, 3.63) is 47.8 Å². The minimum Gasteiger partial charge on any atom is -1.00 e. The Morgan fingerprint density at radius 3 is 1.21 bits per heavy atom. The van der Waals surface area contributed by atoms with Crippen molar-refractivity contribution >= 4 is 11.6 Å². The maximum Gasteiger partial charge on any atom is 0.272 e. The van der Waals surface area contributed by atoms with Crippen LogP contribution in [0.15, 0.2) is 36.7 Å². The van der Waals surface area contributed by atoms with Crippen LogP contribution in [-0.2, 0) is 13.1 Å². The molecule has 4 nitrogen and oxygen atoms in total. The van der Waals surface area contributed by atoms with Gasteiger partial charge in [-0.05, 0) is 62.8 Å². The molecule has 0 aromatic carbocycles. The van der Waals surface area contributed by atoms with Crippen LogP contribution in [0.3, 0.4) is 0 Å². The molecule has 4 N–H and O–H groups in total. The van der Waals surface area contributed by atoms with Crippen LogP contribution in [0.2, 0.25) is 0 Å². The predicted octanol–water partition coefficient (Wildman–Crippen LogP) is 1.65. The smallest absolute Gasteiger partial charge is 0.272 e. The maximum absolute atomic E-state index is 6.05. The third kappa shape index (κ3) is 10.1. The molecule has 2 aromatic rings. The highest BCUT2D eigenvalue weighted by Gasteiger charge is 2.04. The van der Waals surface area contributed by atoms with Crippen LogP contribution in [-0.4, -0.2) is 0 Å². The van der Waals surface area contributed by atoms with E-state index in [1.54, 1.807) is 0 Å². The molecule has 2 aromatic heterocycles. The Morgan fingerprint density at radius 2 is 0.897 bits per heavy atom. The quantitative estimate of drug-likeness (QED) is 0.350. The first-order valence-electron chi connectivity index (χ1n) is 11.1. The monoisotopic (exact) mass is 463 g/mol. The van der Waals surface area contributed by atoms with Gasteiger partial charge in [0, 0.05) is 12.1 Å². The van der Waals surface area contributed by atoms with Gasteiger partial charge in [-0.1, -0.05) is 38.5 Å². The lowest BCUT2D eigenvalue weighted by molar-refractivity contribution is -0.683. The summed E-state index contributed by atoms with van der Waals surface area (Å²) in [6.45, 7) is 6.24. The van der Waals surface area contributed by atoms with Crippen molar-refractivity contribution in [2.75, 3.05) is 11.5 Å². The lowest BCUT2D eigenvalue weighted by atomic mass is 10.1. The van der Waals surface area contributed by atoms with Gasteiger partial charge in [0.25, 0.3) is 11.6 Å². The van der Waals surface area contributed by atoms with E-state index in [0.717, 1.165) is 24.7 Å². The Bertz CT molecular complexity index is 657. The van der Waals surface area contributed by atoms with E-state index in [1.807, 2.05) is 0 Å². The first-order valence-corrected chi connectivity index (χ1v) is 11.1. The maximum atomic E-state index is 6.05. The van der Waals surface area contributed by atoms with Gasteiger partial charge >= 0.3 is 0 Å². The lowest BCUT2D eigenvalue weighted by Crippen LogP contribution is -3.00. The van der Waals surface area contributed by atoms with Crippen molar-refractivity contribution < 1.29 is 26.1 Å². The summed E-state index contributed by atoms with van der Waals surface area (Å²) in [5.41, 5.74) is 14.6. The summed E-state index contributed by atoms with van der Waals surface area (Å²) in [5.74, 6) is 1.76. The number of hydrogen-bond acceptors (Lipinski definition) is 2. The molecule has 0 bridgehead atoms. The van der Waals surface area contributed by atoms with Crippen molar-refractivity contribution in [1.29, 1.82) is 0 Å². The zero-order valence-electron chi connectivity index (χ0n) is 18.4. The molecular formula is C24H40BrN4+. The molecule has 0 fully saturated rings. The van der Waals surface area contributed by atoms with Crippen LogP contribution < -0.4 is 37.6 Å². The number of aromatic nitrogens is 2. The number of nitrogens with two attached hydrogens (primary N) is 2. The molecule has 0 aliphatic rings. The van der Waals surface area contributed by atoms with Gasteiger partial charge in [0.05, 0.1) is 25.5 Å². The minimum atomic E-state index is 0. The third-order valence-corrected chi connectivity index (χ3v) is 5.50. The zero-order chi connectivity index (χ0) is 20.2. The summed E-state index contributed by atoms with van der Waals surface area (Å²) in [7, 11) is 0. The second-order valence-electron chi connectivity index (χ2n) is 8.18. The third-order valence-electron chi connectivity index (χ3n) is 5.50. The highest BCUT2D eigenvalue weighted by Crippen LogP contribution is 2.11. The Labute approximate surface area is 188 Å². The summed E-state index contributed by atoms with van der Waals surface area (Å²) < 4.78 is 4.32. The Balaban J connectivity index is 0.00000420. The van der Waals surface area contributed by atoms with Crippen molar-refractivity contribution in [3.63, 3.8) is 0 Å². The summed E-state index contributed by atoms with van der Waals surface area (Å²) in [5, 5.41) is 0. The summed E-state index contributed by atoms with van der Waals surface area (Å²) in [6, 6.07) is 8.36. The standard InChI is InChI=1S/C24H38N4.BrH/c1-21-13-17-27(23(25)19-21)15-11-9-7-5-3-4-6-8-10-12-16-28-18-14-22(2)20-24(28)26;/h13-14,17-20,25-26H,3-12,15-16H2,1-2H3;1H/p+1. The van der Waals surface area contributed by atoms with Crippen molar-refractivity contribution in [2.24, 2.45) is 0 Å². The van der Waals surface area contributed by atoms with Crippen LogP contribution in [0.25, 0.3) is 0 Å². The van der Waals surface area contributed by atoms with Gasteiger partial charge in [0.2, 0.25) is 0 Å². The number of pyridine rings is 2. The molecule has 0 saturated carbocycles. The number of aryl methyl sites for hydroxylation is 4. The minimum absolute atomic E-state index is 0. The van der Waals surface area contributed by atoms with Gasteiger partial charge in [-0.3, -0.25) is 11.5 Å². The number of nitrogen functional groups attached to an aromatic ring is 2. The van der Waals surface area contributed by atoms with E-state index >= 15 is 0 Å². The molecule has 0 radical (unpaired) electrons.